The molecular weight excluding hydrogens is 377 g/mol. The van der Waals surface area contributed by atoms with Crippen molar-refractivity contribution in [1.29, 1.82) is 0 Å². The van der Waals surface area contributed by atoms with E-state index >= 15 is 0 Å². The first-order valence-corrected chi connectivity index (χ1v) is 8.91. The molecule has 1 saturated heterocycles. The van der Waals surface area contributed by atoms with Gasteiger partial charge in [-0.15, -0.1) is 0 Å². The smallest absolute Gasteiger partial charge is 0.410 e. The number of benzene rings is 1. The highest BCUT2D eigenvalue weighted by molar-refractivity contribution is 9.10. The maximum absolute atomic E-state index is 13.8. The number of ketones is 1. The normalized spacial score (nSPS) is 19.5. The fraction of sp³-hybridized carbons (Fsp3) is 0.556. The fourth-order valence-corrected chi connectivity index (χ4v) is 3.87. The van der Waals surface area contributed by atoms with E-state index in [1.807, 2.05) is 20.8 Å². The third-order valence-corrected chi connectivity index (χ3v) is 5.38. The zero-order chi connectivity index (χ0) is 17.7. The Morgan fingerprint density at radius 3 is 2.50 bits per heavy atom. The van der Waals surface area contributed by atoms with Crippen LogP contribution in [0.15, 0.2) is 16.6 Å². The van der Waals surface area contributed by atoms with Crippen LogP contribution in [0.3, 0.4) is 0 Å². The lowest BCUT2D eigenvalue weighted by Crippen LogP contribution is -2.47. The Bertz CT molecular complexity index is 703. The Hall–Kier alpha value is -1.43. The number of nitrogens with zero attached hydrogens (tertiary/aromatic N) is 1. The minimum Gasteiger partial charge on any atom is -0.444 e. The largest absolute Gasteiger partial charge is 0.444 e. The first-order valence-electron chi connectivity index (χ1n) is 8.12. The van der Waals surface area contributed by atoms with Crippen molar-refractivity contribution in [3.05, 3.63) is 33.5 Å². The molecule has 1 fully saturated rings. The maximum atomic E-state index is 13.8. The molecule has 0 atom stereocenters. The highest BCUT2D eigenvalue weighted by Crippen LogP contribution is 2.45. The molecule has 1 aromatic rings. The Morgan fingerprint density at radius 2 is 1.92 bits per heavy atom. The Kier molecular flexibility index (Phi) is 4.22. The molecule has 130 valence electrons. The van der Waals surface area contributed by atoms with Crippen molar-refractivity contribution in [2.24, 2.45) is 5.41 Å². The molecule has 0 aromatic heterocycles. The summed E-state index contributed by atoms with van der Waals surface area (Å²) in [6, 6.07) is 3.04. The number of hydrogen-bond donors (Lipinski definition) is 0. The van der Waals surface area contributed by atoms with Gasteiger partial charge in [0.15, 0.2) is 5.78 Å². The SMILES string of the molecule is CC(C)(C)OC(=O)N1CCC2(CC1)Cc1cc(F)c(Br)cc1C2=O. The number of piperidine rings is 1. The lowest BCUT2D eigenvalue weighted by atomic mass is 9.75. The topological polar surface area (TPSA) is 46.6 Å². The van der Waals surface area contributed by atoms with E-state index in [4.69, 9.17) is 4.74 Å². The van der Waals surface area contributed by atoms with Gasteiger partial charge in [-0.25, -0.2) is 9.18 Å². The lowest BCUT2D eigenvalue weighted by Gasteiger charge is -2.38. The molecule has 4 nitrogen and oxygen atoms in total. The minimum atomic E-state index is -0.532. The predicted octanol–water partition coefficient (Wildman–Crippen LogP) is 4.34. The van der Waals surface area contributed by atoms with E-state index in [-0.39, 0.29) is 17.7 Å². The van der Waals surface area contributed by atoms with Crippen LogP contribution in [0.25, 0.3) is 0 Å². The van der Waals surface area contributed by atoms with Crippen LogP contribution < -0.4 is 0 Å². The number of hydrogen-bond acceptors (Lipinski definition) is 3. The zero-order valence-electron chi connectivity index (χ0n) is 14.1. The maximum Gasteiger partial charge on any atom is 0.410 e. The second-order valence-electron chi connectivity index (χ2n) is 7.68. The molecule has 0 radical (unpaired) electrons. The number of fused-ring (bicyclic) bond motifs is 1. The van der Waals surface area contributed by atoms with Gasteiger partial charge in [0.05, 0.1) is 4.47 Å². The van der Waals surface area contributed by atoms with E-state index in [0.717, 1.165) is 5.56 Å². The zero-order valence-corrected chi connectivity index (χ0v) is 15.7. The molecule has 1 heterocycles. The summed E-state index contributed by atoms with van der Waals surface area (Å²) in [5, 5.41) is 0. The molecule has 1 aromatic carbocycles. The standard InChI is InChI=1S/C18H21BrFNO3/c1-17(2,3)24-16(23)21-6-4-18(5-7-21)10-11-8-14(20)13(19)9-12(11)15(18)22/h8-9H,4-7,10H2,1-3H3. The summed E-state index contributed by atoms with van der Waals surface area (Å²) in [5.41, 5.74) is 0.337. The summed E-state index contributed by atoms with van der Waals surface area (Å²) in [6.45, 7) is 6.47. The van der Waals surface area contributed by atoms with Crippen LogP contribution >= 0.6 is 15.9 Å². The van der Waals surface area contributed by atoms with Crippen LogP contribution in [0.2, 0.25) is 0 Å². The molecule has 2 aliphatic rings. The Labute approximate surface area is 149 Å². The fourth-order valence-electron chi connectivity index (χ4n) is 3.52. The number of halogens is 2. The lowest BCUT2D eigenvalue weighted by molar-refractivity contribution is 0.0114. The van der Waals surface area contributed by atoms with Crippen molar-refractivity contribution in [3.63, 3.8) is 0 Å². The first-order chi connectivity index (χ1) is 11.1. The van der Waals surface area contributed by atoms with Gasteiger partial charge in [-0.05, 0) is 73.7 Å². The predicted molar refractivity (Wildman–Crippen MR) is 91.6 cm³/mol. The molecule has 0 unspecified atom stereocenters. The second kappa shape index (κ2) is 5.83. The van der Waals surface area contributed by atoms with Gasteiger partial charge in [-0.3, -0.25) is 4.79 Å². The quantitative estimate of drug-likeness (QED) is 0.653. The summed E-state index contributed by atoms with van der Waals surface area (Å²) in [4.78, 5) is 26.7. The summed E-state index contributed by atoms with van der Waals surface area (Å²) >= 11 is 3.15. The number of amides is 1. The van der Waals surface area contributed by atoms with E-state index < -0.39 is 11.0 Å². The molecule has 3 rings (SSSR count). The molecular formula is C18H21BrFNO3. The average Bonchev–Trinajstić information content (AvgIpc) is 2.72. The molecule has 1 amide bonds. The monoisotopic (exact) mass is 397 g/mol. The van der Waals surface area contributed by atoms with Crippen molar-refractivity contribution < 1.29 is 18.7 Å². The van der Waals surface area contributed by atoms with E-state index in [1.165, 1.54) is 6.07 Å². The molecule has 1 aliphatic carbocycles. The first kappa shape index (κ1) is 17.4. The van der Waals surface area contributed by atoms with E-state index in [2.05, 4.69) is 15.9 Å². The number of likely N-dealkylation sites (tertiary alicyclic amines) is 1. The Morgan fingerprint density at radius 1 is 1.29 bits per heavy atom. The number of Topliss-reactive ketones (excluding diaryl/α,β-unsaturated/α-hetero) is 1. The van der Waals surface area contributed by atoms with Gasteiger partial charge in [0, 0.05) is 24.1 Å². The molecule has 1 aliphatic heterocycles. The van der Waals surface area contributed by atoms with Gasteiger partial charge in [0.1, 0.15) is 11.4 Å². The van der Waals surface area contributed by atoms with Crippen LogP contribution in [0.5, 0.6) is 0 Å². The van der Waals surface area contributed by atoms with Crippen molar-refractivity contribution in [3.8, 4) is 0 Å². The highest BCUT2D eigenvalue weighted by atomic mass is 79.9. The average molecular weight is 398 g/mol. The highest BCUT2D eigenvalue weighted by Gasteiger charge is 2.48. The van der Waals surface area contributed by atoms with Gasteiger partial charge in [0.25, 0.3) is 0 Å². The third-order valence-electron chi connectivity index (χ3n) is 4.77. The van der Waals surface area contributed by atoms with Crippen molar-refractivity contribution >= 4 is 27.8 Å². The van der Waals surface area contributed by atoms with Gasteiger partial charge < -0.3 is 9.64 Å². The van der Waals surface area contributed by atoms with Crippen molar-refractivity contribution in [1.82, 2.24) is 4.90 Å². The van der Waals surface area contributed by atoms with E-state index in [9.17, 15) is 14.0 Å². The van der Waals surface area contributed by atoms with E-state index in [1.54, 1.807) is 11.0 Å². The van der Waals surface area contributed by atoms with Crippen LogP contribution in [-0.2, 0) is 11.2 Å². The third kappa shape index (κ3) is 3.08. The van der Waals surface area contributed by atoms with Crippen molar-refractivity contribution in [2.45, 2.75) is 45.6 Å². The van der Waals surface area contributed by atoms with Gasteiger partial charge in [-0.2, -0.15) is 0 Å². The number of rotatable bonds is 0. The second-order valence-corrected chi connectivity index (χ2v) is 8.53. The van der Waals surface area contributed by atoms with Crippen LogP contribution in [-0.4, -0.2) is 35.5 Å². The molecule has 0 saturated carbocycles. The van der Waals surface area contributed by atoms with Crippen LogP contribution in [0.1, 0.15) is 49.5 Å². The van der Waals surface area contributed by atoms with Crippen LogP contribution in [0, 0.1) is 11.2 Å². The number of carbonyl (C=O) groups excluding carboxylic acids is 2. The summed E-state index contributed by atoms with van der Waals surface area (Å²) in [7, 11) is 0. The van der Waals surface area contributed by atoms with E-state index in [0.29, 0.717) is 42.4 Å². The number of ether oxygens (including phenoxy) is 1. The molecule has 0 N–H and O–H groups in total. The number of carbonyl (C=O) groups is 2. The summed E-state index contributed by atoms with van der Waals surface area (Å²) in [6.07, 6.45) is 1.38. The molecule has 0 bridgehead atoms. The summed E-state index contributed by atoms with van der Waals surface area (Å²) in [5.74, 6) is -0.271. The molecule has 24 heavy (non-hydrogen) atoms. The van der Waals surface area contributed by atoms with Crippen molar-refractivity contribution in [2.75, 3.05) is 13.1 Å². The summed E-state index contributed by atoms with van der Waals surface area (Å²) < 4.78 is 19.5. The van der Waals surface area contributed by atoms with Gasteiger partial charge in [-0.1, -0.05) is 0 Å². The Balaban J connectivity index is 1.73. The van der Waals surface area contributed by atoms with Gasteiger partial charge >= 0.3 is 6.09 Å². The minimum absolute atomic E-state index is 0.0713. The molecule has 1 spiro atoms. The van der Waals surface area contributed by atoms with Gasteiger partial charge in [0.2, 0.25) is 0 Å². The molecule has 6 heteroatoms. The van der Waals surface area contributed by atoms with Crippen LogP contribution in [0.4, 0.5) is 9.18 Å².